The normalized spacial score (nSPS) is 14.1. The van der Waals surface area contributed by atoms with E-state index in [2.05, 4.69) is 9.88 Å². The number of carbonyl (C=O) groups excluding carboxylic acids is 1. The maximum Gasteiger partial charge on any atom is 0.254 e. The minimum Gasteiger partial charge on any atom is -0.368 e. The highest BCUT2D eigenvalue weighted by molar-refractivity contribution is 5.76. The summed E-state index contributed by atoms with van der Waals surface area (Å²) in [5.74, 6) is -0.375. The fourth-order valence-electron chi connectivity index (χ4n) is 3.42. The van der Waals surface area contributed by atoms with E-state index >= 15 is 0 Å². The molecule has 2 heterocycles. The molecule has 0 atom stereocenters. The highest BCUT2D eigenvalue weighted by atomic mass is 19.1. The van der Waals surface area contributed by atoms with Gasteiger partial charge in [0, 0.05) is 43.5 Å². The summed E-state index contributed by atoms with van der Waals surface area (Å²) in [6.07, 6.45) is 1.43. The summed E-state index contributed by atoms with van der Waals surface area (Å²) in [7, 11) is 0. The van der Waals surface area contributed by atoms with Crippen LogP contribution in [0.1, 0.15) is 0 Å². The molecule has 0 saturated carbocycles. The zero-order valence-corrected chi connectivity index (χ0v) is 15.9. The standard InChI is InChI=1S/C22H21FN4O2/c23-18-6-8-19(9-7-18)25-10-12-26(13-11-25)22(29)15-27-16-24-20(14-21(27)28)17-4-2-1-3-5-17/h1-9,14,16H,10-13,15H2. The Labute approximate surface area is 167 Å². The molecule has 1 saturated heterocycles. The topological polar surface area (TPSA) is 58.4 Å². The Hall–Kier alpha value is -3.48. The van der Waals surface area contributed by atoms with Gasteiger partial charge in [-0.25, -0.2) is 9.37 Å². The summed E-state index contributed by atoms with van der Waals surface area (Å²) < 4.78 is 14.4. The second-order valence-electron chi connectivity index (χ2n) is 6.95. The molecule has 0 N–H and O–H groups in total. The lowest BCUT2D eigenvalue weighted by molar-refractivity contribution is -0.132. The van der Waals surface area contributed by atoms with E-state index < -0.39 is 0 Å². The number of aromatic nitrogens is 2. The van der Waals surface area contributed by atoms with Gasteiger partial charge < -0.3 is 9.80 Å². The van der Waals surface area contributed by atoms with Crippen molar-refractivity contribution in [1.29, 1.82) is 0 Å². The van der Waals surface area contributed by atoms with Crippen molar-refractivity contribution in [3.63, 3.8) is 0 Å². The Morgan fingerprint density at radius 3 is 2.31 bits per heavy atom. The van der Waals surface area contributed by atoms with Gasteiger partial charge in [-0.1, -0.05) is 30.3 Å². The van der Waals surface area contributed by atoms with Gasteiger partial charge in [0.25, 0.3) is 5.56 Å². The fraction of sp³-hybridized carbons (Fsp3) is 0.227. The number of amides is 1. The average Bonchev–Trinajstić information content (AvgIpc) is 2.76. The lowest BCUT2D eigenvalue weighted by Crippen LogP contribution is -2.50. The van der Waals surface area contributed by atoms with Crippen LogP contribution in [0.3, 0.4) is 0 Å². The number of benzene rings is 2. The van der Waals surface area contributed by atoms with Crippen LogP contribution >= 0.6 is 0 Å². The van der Waals surface area contributed by atoms with Crippen molar-refractivity contribution < 1.29 is 9.18 Å². The van der Waals surface area contributed by atoms with Crippen LogP contribution < -0.4 is 10.5 Å². The Morgan fingerprint density at radius 1 is 0.966 bits per heavy atom. The molecule has 1 aliphatic rings. The highest BCUT2D eigenvalue weighted by Gasteiger charge is 2.22. The molecule has 1 aliphatic heterocycles. The van der Waals surface area contributed by atoms with Gasteiger partial charge in [-0.15, -0.1) is 0 Å². The molecule has 4 rings (SSSR count). The first-order valence-corrected chi connectivity index (χ1v) is 9.50. The van der Waals surface area contributed by atoms with Gasteiger partial charge in [-0.2, -0.15) is 0 Å². The molecule has 0 aliphatic carbocycles. The van der Waals surface area contributed by atoms with Crippen LogP contribution in [0.15, 0.2) is 71.8 Å². The molecule has 7 heteroatoms. The van der Waals surface area contributed by atoms with Gasteiger partial charge in [0.05, 0.1) is 12.0 Å². The first-order valence-electron chi connectivity index (χ1n) is 9.50. The second-order valence-corrected chi connectivity index (χ2v) is 6.95. The average molecular weight is 392 g/mol. The van der Waals surface area contributed by atoms with Crippen molar-refractivity contribution in [1.82, 2.24) is 14.5 Å². The monoisotopic (exact) mass is 392 g/mol. The molecule has 1 fully saturated rings. The second kappa shape index (κ2) is 8.26. The highest BCUT2D eigenvalue weighted by Crippen LogP contribution is 2.17. The number of piperazine rings is 1. The first-order chi connectivity index (χ1) is 14.1. The molecule has 29 heavy (non-hydrogen) atoms. The van der Waals surface area contributed by atoms with Crippen LogP contribution in [0.25, 0.3) is 11.3 Å². The molecular weight excluding hydrogens is 371 g/mol. The van der Waals surface area contributed by atoms with Crippen LogP contribution in [-0.2, 0) is 11.3 Å². The zero-order valence-electron chi connectivity index (χ0n) is 15.9. The molecule has 0 radical (unpaired) electrons. The van der Waals surface area contributed by atoms with Crippen molar-refractivity contribution in [2.45, 2.75) is 6.54 Å². The van der Waals surface area contributed by atoms with E-state index in [0.717, 1.165) is 11.3 Å². The minimum atomic E-state index is -0.264. The molecule has 0 unspecified atom stereocenters. The number of hydrogen-bond donors (Lipinski definition) is 0. The number of nitrogens with zero attached hydrogens (tertiary/aromatic N) is 4. The van der Waals surface area contributed by atoms with Crippen LogP contribution in [0.4, 0.5) is 10.1 Å². The van der Waals surface area contributed by atoms with Crippen molar-refractivity contribution >= 4 is 11.6 Å². The molecule has 0 bridgehead atoms. The van der Waals surface area contributed by atoms with E-state index in [0.29, 0.717) is 31.9 Å². The largest absolute Gasteiger partial charge is 0.368 e. The van der Waals surface area contributed by atoms with E-state index in [9.17, 15) is 14.0 Å². The molecule has 3 aromatic rings. The maximum absolute atomic E-state index is 13.1. The predicted octanol–water partition coefficient (Wildman–Crippen LogP) is 2.40. The van der Waals surface area contributed by atoms with E-state index in [1.807, 2.05) is 30.3 Å². The molecule has 1 amide bonds. The van der Waals surface area contributed by atoms with Crippen molar-refractivity contribution in [3.8, 4) is 11.3 Å². The zero-order chi connectivity index (χ0) is 20.2. The summed E-state index contributed by atoms with van der Waals surface area (Å²) in [5, 5.41) is 0. The summed E-state index contributed by atoms with van der Waals surface area (Å²) in [5.41, 5.74) is 2.14. The van der Waals surface area contributed by atoms with E-state index in [4.69, 9.17) is 0 Å². The third kappa shape index (κ3) is 4.34. The minimum absolute atomic E-state index is 0.0303. The molecule has 0 spiro atoms. The Morgan fingerprint density at radius 2 is 1.66 bits per heavy atom. The van der Waals surface area contributed by atoms with Crippen LogP contribution in [0.2, 0.25) is 0 Å². The van der Waals surface area contributed by atoms with Gasteiger partial charge >= 0.3 is 0 Å². The Kier molecular flexibility index (Phi) is 5.37. The van der Waals surface area contributed by atoms with Gasteiger partial charge in [0.2, 0.25) is 5.91 Å². The van der Waals surface area contributed by atoms with Gasteiger partial charge in [-0.05, 0) is 24.3 Å². The fourth-order valence-corrected chi connectivity index (χ4v) is 3.42. The molecule has 148 valence electrons. The van der Waals surface area contributed by atoms with E-state index in [-0.39, 0.29) is 23.8 Å². The Bertz CT molecular complexity index is 1040. The van der Waals surface area contributed by atoms with E-state index in [1.54, 1.807) is 17.0 Å². The number of hydrogen-bond acceptors (Lipinski definition) is 4. The molecular formula is C22H21FN4O2. The summed E-state index contributed by atoms with van der Waals surface area (Å²) in [4.78, 5) is 33.2. The third-order valence-electron chi connectivity index (χ3n) is 5.08. The van der Waals surface area contributed by atoms with E-state index in [1.165, 1.54) is 29.1 Å². The predicted molar refractivity (Wildman–Crippen MR) is 109 cm³/mol. The van der Waals surface area contributed by atoms with Gasteiger partial charge in [0.1, 0.15) is 12.4 Å². The SMILES string of the molecule is O=C(Cn1cnc(-c2ccccc2)cc1=O)N1CCN(c2ccc(F)cc2)CC1. The third-order valence-corrected chi connectivity index (χ3v) is 5.08. The van der Waals surface area contributed by atoms with Crippen molar-refractivity contribution in [2.24, 2.45) is 0 Å². The molecule has 2 aromatic carbocycles. The number of rotatable bonds is 4. The van der Waals surface area contributed by atoms with Gasteiger partial charge in [0.15, 0.2) is 0 Å². The summed E-state index contributed by atoms with van der Waals surface area (Å²) in [6.45, 7) is 2.41. The lowest BCUT2D eigenvalue weighted by Gasteiger charge is -2.36. The van der Waals surface area contributed by atoms with Crippen molar-refractivity contribution in [3.05, 3.63) is 83.2 Å². The van der Waals surface area contributed by atoms with Crippen LogP contribution in [0, 0.1) is 5.82 Å². The number of anilines is 1. The Balaban J connectivity index is 1.37. The van der Waals surface area contributed by atoms with Crippen molar-refractivity contribution in [2.75, 3.05) is 31.1 Å². The van der Waals surface area contributed by atoms with Crippen LogP contribution in [0.5, 0.6) is 0 Å². The smallest absolute Gasteiger partial charge is 0.254 e. The lowest BCUT2D eigenvalue weighted by atomic mass is 10.1. The van der Waals surface area contributed by atoms with Crippen LogP contribution in [-0.4, -0.2) is 46.5 Å². The summed E-state index contributed by atoms with van der Waals surface area (Å²) >= 11 is 0. The summed E-state index contributed by atoms with van der Waals surface area (Å²) in [6, 6.07) is 17.3. The first kappa shape index (κ1) is 18.9. The van der Waals surface area contributed by atoms with Gasteiger partial charge in [-0.3, -0.25) is 14.2 Å². The molecule has 1 aromatic heterocycles. The quantitative estimate of drug-likeness (QED) is 0.684. The maximum atomic E-state index is 13.1. The molecule has 6 nitrogen and oxygen atoms in total. The number of halogens is 1. The number of carbonyl (C=O) groups is 1.